The maximum absolute atomic E-state index is 12.3. The number of primary amides is 1. The van der Waals surface area contributed by atoms with E-state index in [0.717, 1.165) is 12.1 Å². The monoisotopic (exact) mass is 330 g/mol. The second kappa shape index (κ2) is 4.80. The number of aliphatic hydroxyl groups is 1. The second-order valence-electron chi connectivity index (χ2n) is 7.53. The largest absolute Gasteiger partial charge is 0.507 e. The van der Waals surface area contributed by atoms with Gasteiger partial charge in [-0.2, -0.15) is 0 Å². The zero-order valence-electron chi connectivity index (χ0n) is 13.7. The van der Waals surface area contributed by atoms with Crippen molar-refractivity contribution in [3.63, 3.8) is 0 Å². The number of likely N-dealkylation sites (N-methyl/N-ethyl adjacent to an activating group) is 1. The minimum atomic E-state index is -1.07. The summed E-state index contributed by atoms with van der Waals surface area (Å²) in [6.45, 7) is 0.736. The predicted molar refractivity (Wildman–Crippen MR) is 86.8 cm³/mol. The topological polar surface area (TPSA) is 104 Å². The molecule has 3 aliphatic rings. The summed E-state index contributed by atoms with van der Waals surface area (Å²) in [6, 6.07) is 3.25. The van der Waals surface area contributed by atoms with Gasteiger partial charge in [-0.05, 0) is 44.5 Å². The summed E-state index contributed by atoms with van der Waals surface area (Å²) in [7, 11) is 1.99. The fourth-order valence-corrected chi connectivity index (χ4v) is 5.32. The lowest BCUT2D eigenvalue weighted by Crippen LogP contribution is -2.72. The number of fused-ring (bicyclic) bond motifs is 1. The predicted octanol–water partition coefficient (Wildman–Crippen LogP) is 0.473. The molecule has 1 amide bonds. The molecule has 1 saturated heterocycles. The minimum Gasteiger partial charge on any atom is -0.507 e. The number of ketones is 1. The Hall–Kier alpha value is -1.92. The summed E-state index contributed by atoms with van der Waals surface area (Å²) < 4.78 is 0. The summed E-state index contributed by atoms with van der Waals surface area (Å²) in [5.41, 5.74) is 5.00. The molecule has 2 fully saturated rings. The number of aromatic hydroxyl groups is 1. The highest BCUT2D eigenvalue weighted by atomic mass is 16.3. The molecule has 0 radical (unpaired) electrons. The lowest BCUT2D eigenvalue weighted by atomic mass is 9.49. The number of nitrogens with two attached hydrogens (primary N) is 1. The number of piperidine rings is 1. The molecule has 3 atom stereocenters. The molecule has 2 bridgehead atoms. The fraction of sp³-hybridized carbons (Fsp3) is 0.556. The van der Waals surface area contributed by atoms with Crippen LogP contribution in [-0.4, -0.2) is 52.0 Å². The highest BCUT2D eigenvalue weighted by Crippen LogP contribution is 2.59. The number of hydrogen-bond acceptors (Lipinski definition) is 5. The molecule has 1 saturated carbocycles. The first-order chi connectivity index (χ1) is 11.3. The SMILES string of the molecule is CN1CC[C@]23CC(=O)CC[C@@]2(O)[C@H]1Cc1ccc(C(N)=O)c(O)c13. The van der Waals surface area contributed by atoms with Crippen LogP contribution in [0.3, 0.4) is 0 Å². The molecule has 1 aromatic carbocycles. The van der Waals surface area contributed by atoms with Gasteiger partial charge >= 0.3 is 0 Å². The Morgan fingerprint density at radius 2 is 2.12 bits per heavy atom. The van der Waals surface area contributed by atoms with E-state index in [1.807, 2.05) is 13.1 Å². The molecule has 4 N–H and O–H groups in total. The zero-order valence-corrected chi connectivity index (χ0v) is 13.7. The van der Waals surface area contributed by atoms with Crippen LogP contribution in [0.1, 0.15) is 47.2 Å². The van der Waals surface area contributed by atoms with Crippen molar-refractivity contribution in [3.05, 3.63) is 28.8 Å². The third-order valence-corrected chi connectivity index (χ3v) is 6.51. The molecule has 1 aromatic rings. The number of carbonyl (C=O) groups excluding carboxylic acids is 2. The number of benzene rings is 1. The molecule has 24 heavy (non-hydrogen) atoms. The lowest BCUT2D eigenvalue weighted by Gasteiger charge is -2.62. The van der Waals surface area contributed by atoms with E-state index in [1.54, 1.807) is 0 Å². The maximum atomic E-state index is 12.3. The van der Waals surface area contributed by atoms with Gasteiger partial charge in [0.2, 0.25) is 0 Å². The zero-order chi connectivity index (χ0) is 17.3. The van der Waals surface area contributed by atoms with Crippen LogP contribution in [0.15, 0.2) is 12.1 Å². The standard InChI is InChI=1S/C18H22N2O4/c1-20-7-6-17-9-11(21)4-5-18(17,24)13(20)8-10-2-3-12(16(19)23)15(22)14(10)17/h2-3,13,22,24H,4-9H2,1H3,(H2,19,23)/t13-,17-,18-/m1/s1. The first-order valence-electron chi connectivity index (χ1n) is 8.39. The van der Waals surface area contributed by atoms with Gasteiger partial charge in [0, 0.05) is 29.9 Å². The number of hydrogen-bond donors (Lipinski definition) is 3. The van der Waals surface area contributed by atoms with Gasteiger partial charge in [-0.3, -0.25) is 9.59 Å². The van der Waals surface area contributed by atoms with Crippen LogP contribution in [0.4, 0.5) is 0 Å². The van der Waals surface area contributed by atoms with Crippen LogP contribution in [-0.2, 0) is 16.6 Å². The number of nitrogens with zero attached hydrogens (tertiary/aromatic N) is 1. The maximum Gasteiger partial charge on any atom is 0.252 e. The van der Waals surface area contributed by atoms with Crippen molar-refractivity contribution >= 4 is 11.7 Å². The number of Topliss-reactive ketones (excluding diaryl/α,β-unsaturated/α-hetero) is 1. The fourth-order valence-electron chi connectivity index (χ4n) is 5.32. The average molecular weight is 330 g/mol. The van der Waals surface area contributed by atoms with Crippen LogP contribution in [0.25, 0.3) is 0 Å². The Bertz CT molecular complexity index is 762. The third-order valence-electron chi connectivity index (χ3n) is 6.51. The van der Waals surface area contributed by atoms with E-state index in [2.05, 4.69) is 4.90 Å². The number of phenols is 1. The van der Waals surface area contributed by atoms with Gasteiger partial charge in [-0.1, -0.05) is 6.07 Å². The summed E-state index contributed by atoms with van der Waals surface area (Å²) in [5.74, 6) is -0.761. The van der Waals surface area contributed by atoms with Crippen LogP contribution in [0, 0.1) is 0 Å². The quantitative estimate of drug-likeness (QED) is 0.694. The van der Waals surface area contributed by atoms with Crippen LogP contribution < -0.4 is 5.73 Å². The number of carbonyl (C=O) groups is 2. The van der Waals surface area contributed by atoms with E-state index >= 15 is 0 Å². The lowest BCUT2D eigenvalue weighted by molar-refractivity contribution is -0.169. The summed E-state index contributed by atoms with van der Waals surface area (Å²) in [6.07, 6.45) is 2.11. The van der Waals surface area contributed by atoms with Crippen molar-refractivity contribution in [2.75, 3.05) is 13.6 Å². The van der Waals surface area contributed by atoms with Crippen LogP contribution >= 0.6 is 0 Å². The highest BCUT2D eigenvalue weighted by Gasteiger charge is 2.65. The van der Waals surface area contributed by atoms with Crippen molar-refractivity contribution in [1.29, 1.82) is 0 Å². The molecule has 128 valence electrons. The van der Waals surface area contributed by atoms with E-state index in [4.69, 9.17) is 5.73 Å². The van der Waals surface area contributed by atoms with Crippen molar-refractivity contribution in [3.8, 4) is 5.75 Å². The average Bonchev–Trinajstić information content (AvgIpc) is 2.51. The normalized spacial score (nSPS) is 35.2. The Kier molecular flexibility index (Phi) is 3.12. The molecule has 1 aliphatic heterocycles. The molecule has 2 aliphatic carbocycles. The van der Waals surface area contributed by atoms with Gasteiger partial charge in [-0.25, -0.2) is 0 Å². The molecule has 0 unspecified atom stereocenters. The molecule has 0 aromatic heterocycles. The highest BCUT2D eigenvalue weighted by molar-refractivity contribution is 5.96. The van der Waals surface area contributed by atoms with Gasteiger partial charge in [0.05, 0.1) is 11.2 Å². The minimum absolute atomic E-state index is 0.0564. The second-order valence-corrected chi connectivity index (χ2v) is 7.53. The summed E-state index contributed by atoms with van der Waals surface area (Å²) >= 11 is 0. The molecule has 6 heteroatoms. The molecular formula is C18H22N2O4. The number of amides is 1. The van der Waals surface area contributed by atoms with E-state index in [0.29, 0.717) is 31.2 Å². The van der Waals surface area contributed by atoms with Crippen LogP contribution in [0.2, 0.25) is 0 Å². The van der Waals surface area contributed by atoms with Gasteiger partial charge in [0.1, 0.15) is 11.5 Å². The van der Waals surface area contributed by atoms with Crippen molar-refractivity contribution in [2.45, 2.75) is 49.2 Å². The summed E-state index contributed by atoms with van der Waals surface area (Å²) in [5, 5.41) is 22.4. The third kappa shape index (κ3) is 1.73. The van der Waals surface area contributed by atoms with Gasteiger partial charge < -0.3 is 20.8 Å². The van der Waals surface area contributed by atoms with E-state index in [9.17, 15) is 19.8 Å². The van der Waals surface area contributed by atoms with Gasteiger partial charge in [0.15, 0.2) is 0 Å². The van der Waals surface area contributed by atoms with E-state index in [1.165, 1.54) is 6.07 Å². The number of likely N-dealkylation sites (tertiary alicyclic amines) is 1. The molecule has 6 nitrogen and oxygen atoms in total. The first-order valence-corrected chi connectivity index (χ1v) is 8.39. The van der Waals surface area contributed by atoms with Crippen molar-refractivity contribution in [2.24, 2.45) is 5.73 Å². The Morgan fingerprint density at radius 1 is 1.38 bits per heavy atom. The van der Waals surface area contributed by atoms with Crippen LogP contribution in [0.5, 0.6) is 5.75 Å². The van der Waals surface area contributed by atoms with Crippen molar-refractivity contribution in [1.82, 2.24) is 4.90 Å². The number of rotatable bonds is 1. The van der Waals surface area contributed by atoms with Crippen molar-refractivity contribution < 1.29 is 19.8 Å². The Balaban J connectivity index is 2.02. The molecule has 4 rings (SSSR count). The Morgan fingerprint density at radius 3 is 2.83 bits per heavy atom. The summed E-state index contributed by atoms with van der Waals surface area (Å²) in [4.78, 5) is 26.1. The first kappa shape index (κ1) is 15.6. The molecular weight excluding hydrogens is 308 g/mol. The van der Waals surface area contributed by atoms with E-state index in [-0.39, 0.29) is 29.6 Å². The van der Waals surface area contributed by atoms with Gasteiger partial charge in [0.25, 0.3) is 5.91 Å². The molecule has 1 heterocycles. The smallest absolute Gasteiger partial charge is 0.252 e. The van der Waals surface area contributed by atoms with Gasteiger partial charge in [-0.15, -0.1) is 0 Å². The Labute approximate surface area is 140 Å². The van der Waals surface area contributed by atoms with E-state index < -0.39 is 16.9 Å². The molecule has 0 spiro atoms.